The molecular formula is C18H17N3O4. The molecule has 1 aromatic carbocycles. The minimum atomic E-state index is -0.531. The topological polar surface area (TPSA) is 88.6 Å². The summed E-state index contributed by atoms with van der Waals surface area (Å²) in [6.07, 6.45) is 0. The van der Waals surface area contributed by atoms with Crippen molar-refractivity contribution in [3.05, 3.63) is 53.7 Å². The number of carbonyl (C=O) groups is 3. The fourth-order valence-electron chi connectivity index (χ4n) is 2.54. The highest BCUT2D eigenvalue weighted by Gasteiger charge is 2.28. The number of nitrogens with zero attached hydrogens (tertiary/aromatic N) is 2. The van der Waals surface area contributed by atoms with E-state index in [1.54, 1.807) is 19.1 Å². The zero-order chi connectivity index (χ0) is 17.8. The molecule has 1 aliphatic rings. The van der Waals surface area contributed by atoms with E-state index in [0.29, 0.717) is 11.3 Å². The first-order chi connectivity index (χ1) is 12.1. The highest BCUT2D eigenvalue weighted by atomic mass is 16.5. The lowest BCUT2D eigenvalue weighted by atomic mass is 10.1. The minimum absolute atomic E-state index is 0.0171. The Morgan fingerprint density at radius 3 is 2.60 bits per heavy atom. The van der Waals surface area contributed by atoms with Gasteiger partial charge in [-0.2, -0.15) is 0 Å². The normalized spacial score (nSPS) is 13.7. The zero-order valence-electron chi connectivity index (χ0n) is 13.7. The number of amides is 3. The van der Waals surface area contributed by atoms with E-state index in [1.807, 2.05) is 30.3 Å². The van der Waals surface area contributed by atoms with Gasteiger partial charge < -0.3 is 10.1 Å². The molecule has 0 saturated carbocycles. The Labute approximate surface area is 144 Å². The van der Waals surface area contributed by atoms with Gasteiger partial charge in [0, 0.05) is 5.56 Å². The van der Waals surface area contributed by atoms with Gasteiger partial charge in [-0.3, -0.25) is 14.7 Å². The Balaban J connectivity index is 1.62. The fraction of sp³-hybridized carbons (Fsp3) is 0.222. The second-order valence-corrected chi connectivity index (χ2v) is 5.54. The zero-order valence-corrected chi connectivity index (χ0v) is 13.7. The van der Waals surface area contributed by atoms with Gasteiger partial charge in [0.05, 0.1) is 30.0 Å². The molecular weight excluding hydrogens is 322 g/mol. The van der Waals surface area contributed by atoms with Crippen molar-refractivity contribution in [1.29, 1.82) is 0 Å². The van der Waals surface area contributed by atoms with Crippen LogP contribution in [0.1, 0.15) is 16.1 Å². The lowest BCUT2D eigenvalue weighted by molar-refractivity contribution is -0.125. The van der Waals surface area contributed by atoms with Crippen LogP contribution in [0.5, 0.6) is 0 Å². The number of carbonyl (C=O) groups excluding carboxylic acids is 3. The van der Waals surface area contributed by atoms with E-state index in [4.69, 9.17) is 4.74 Å². The van der Waals surface area contributed by atoms with Crippen LogP contribution in [-0.4, -0.2) is 47.5 Å². The first kappa shape index (κ1) is 16.6. The van der Waals surface area contributed by atoms with Crippen molar-refractivity contribution < 1.29 is 19.1 Å². The van der Waals surface area contributed by atoms with E-state index in [2.05, 4.69) is 10.3 Å². The number of benzene rings is 1. The van der Waals surface area contributed by atoms with Crippen LogP contribution in [0.3, 0.4) is 0 Å². The molecule has 0 aliphatic carbocycles. The maximum Gasteiger partial charge on any atom is 0.340 e. The highest BCUT2D eigenvalue weighted by molar-refractivity contribution is 6.02. The number of ether oxygens (including phenoxy) is 1. The van der Waals surface area contributed by atoms with E-state index in [0.717, 1.165) is 16.2 Å². The third kappa shape index (κ3) is 3.65. The number of aryl methyl sites for hydroxylation is 1. The Morgan fingerprint density at radius 1 is 1.20 bits per heavy atom. The van der Waals surface area contributed by atoms with Crippen LogP contribution in [0.15, 0.2) is 42.5 Å². The van der Waals surface area contributed by atoms with Gasteiger partial charge in [-0.05, 0) is 19.1 Å². The number of aromatic nitrogens is 1. The molecule has 0 bridgehead atoms. The smallest absolute Gasteiger partial charge is 0.340 e. The van der Waals surface area contributed by atoms with Gasteiger partial charge >= 0.3 is 12.0 Å². The monoisotopic (exact) mass is 339 g/mol. The molecule has 25 heavy (non-hydrogen) atoms. The van der Waals surface area contributed by atoms with Gasteiger partial charge in [0.25, 0.3) is 0 Å². The molecule has 3 amide bonds. The number of urea groups is 1. The predicted molar refractivity (Wildman–Crippen MR) is 89.8 cm³/mol. The summed E-state index contributed by atoms with van der Waals surface area (Å²) < 4.78 is 5.16. The number of hydrogen-bond acceptors (Lipinski definition) is 5. The van der Waals surface area contributed by atoms with Gasteiger partial charge in [0.1, 0.15) is 6.61 Å². The number of rotatable bonds is 5. The third-order valence-corrected chi connectivity index (χ3v) is 3.86. The minimum Gasteiger partial charge on any atom is -0.460 e. The van der Waals surface area contributed by atoms with Crippen LogP contribution in [0.25, 0.3) is 11.3 Å². The molecule has 2 aromatic rings. The first-order valence-corrected chi connectivity index (χ1v) is 7.84. The maximum absolute atomic E-state index is 12.2. The maximum atomic E-state index is 12.2. The van der Waals surface area contributed by atoms with Crippen LogP contribution >= 0.6 is 0 Å². The van der Waals surface area contributed by atoms with Crippen molar-refractivity contribution in [2.24, 2.45) is 0 Å². The summed E-state index contributed by atoms with van der Waals surface area (Å²) in [4.78, 5) is 40.5. The quantitative estimate of drug-likeness (QED) is 0.662. The molecule has 0 radical (unpaired) electrons. The summed E-state index contributed by atoms with van der Waals surface area (Å²) in [7, 11) is 0. The van der Waals surface area contributed by atoms with Gasteiger partial charge in [-0.15, -0.1) is 0 Å². The predicted octanol–water partition coefficient (Wildman–Crippen LogP) is 1.77. The van der Waals surface area contributed by atoms with Crippen molar-refractivity contribution in [2.75, 3.05) is 19.7 Å². The van der Waals surface area contributed by atoms with Crippen LogP contribution < -0.4 is 5.32 Å². The molecule has 3 rings (SSSR count). The first-order valence-electron chi connectivity index (χ1n) is 7.84. The Morgan fingerprint density at radius 2 is 1.96 bits per heavy atom. The van der Waals surface area contributed by atoms with E-state index < -0.39 is 12.0 Å². The third-order valence-electron chi connectivity index (χ3n) is 3.86. The average molecular weight is 339 g/mol. The second kappa shape index (κ2) is 7.12. The molecule has 7 heteroatoms. The van der Waals surface area contributed by atoms with Crippen molar-refractivity contribution in [1.82, 2.24) is 15.2 Å². The summed E-state index contributed by atoms with van der Waals surface area (Å²) in [6, 6.07) is 12.6. The molecule has 1 N–H and O–H groups in total. The van der Waals surface area contributed by atoms with Gasteiger partial charge in [-0.1, -0.05) is 30.3 Å². The van der Waals surface area contributed by atoms with Gasteiger partial charge in [0.2, 0.25) is 5.91 Å². The molecule has 1 aromatic heterocycles. The summed E-state index contributed by atoms with van der Waals surface area (Å²) in [5.41, 5.74) is 2.65. The van der Waals surface area contributed by atoms with Crippen LogP contribution in [0.4, 0.5) is 4.79 Å². The number of pyridine rings is 1. The molecule has 128 valence electrons. The van der Waals surface area contributed by atoms with Gasteiger partial charge in [-0.25, -0.2) is 9.59 Å². The highest BCUT2D eigenvalue weighted by Crippen LogP contribution is 2.19. The van der Waals surface area contributed by atoms with Crippen LogP contribution in [0.2, 0.25) is 0 Å². The van der Waals surface area contributed by atoms with E-state index in [1.165, 1.54) is 0 Å². The molecule has 0 unspecified atom stereocenters. The van der Waals surface area contributed by atoms with Crippen molar-refractivity contribution in [2.45, 2.75) is 6.92 Å². The lowest BCUT2D eigenvalue weighted by Crippen LogP contribution is -2.34. The SMILES string of the molecule is Cc1nc(-c2ccccc2)ccc1C(=O)OCCN1C(=O)CNC1=O. The summed E-state index contributed by atoms with van der Waals surface area (Å²) in [5.74, 6) is -0.859. The summed E-state index contributed by atoms with van der Waals surface area (Å²) in [5, 5.41) is 2.41. The Bertz CT molecular complexity index is 804. The number of hydrogen-bond donors (Lipinski definition) is 1. The van der Waals surface area contributed by atoms with Crippen LogP contribution in [0, 0.1) is 6.92 Å². The van der Waals surface area contributed by atoms with Crippen molar-refractivity contribution in [3.8, 4) is 11.3 Å². The molecule has 1 fully saturated rings. The summed E-state index contributed by atoms with van der Waals surface area (Å²) in [6.45, 7) is 1.69. The molecule has 1 aliphatic heterocycles. The molecule has 0 atom stereocenters. The Kier molecular flexibility index (Phi) is 4.74. The summed E-state index contributed by atoms with van der Waals surface area (Å²) >= 11 is 0. The lowest BCUT2D eigenvalue weighted by Gasteiger charge is -2.13. The van der Waals surface area contributed by atoms with E-state index in [-0.39, 0.29) is 25.6 Å². The largest absolute Gasteiger partial charge is 0.460 e. The molecule has 0 spiro atoms. The number of imide groups is 1. The molecule has 1 saturated heterocycles. The number of nitrogens with one attached hydrogen (secondary N) is 1. The molecule has 7 nitrogen and oxygen atoms in total. The van der Waals surface area contributed by atoms with Gasteiger partial charge in [0.15, 0.2) is 0 Å². The average Bonchev–Trinajstić information content (AvgIpc) is 2.94. The standard InChI is InChI=1S/C18H17N3O4/c1-12-14(7-8-15(20-12)13-5-3-2-4-6-13)17(23)25-10-9-21-16(22)11-19-18(21)24/h2-8H,9-11H2,1H3,(H,19,24). The van der Waals surface area contributed by atoms with E-state index >= 15 is 0 Å². The van der Waals surface area contributed by atoms with Crippen LogP contribution in [-0.2, 0) is 9.53 Å². The molecule has 2 heterocycles. The van der Waals surface area contributed by atoms with E-state index in [9.17, 15) is 14.4 Å². The van der Waals surface area contributed by atoms with Crippen molar-refractivity contribution in [3.63, 3.8) is 0 Å². The second-order valence-electron chi connectivity index (χ2n) is 5.54. The number of esters is 1. The fourth-order valence-corrected chi connectivity index (χ4v) is 2.54. The Hall–Kier alpha value is -3.22. The van der Waals surface area contributed by atoms with Crippen molar-refractivity contribution >= 4 is 17.9 Å².